The second-order valence-corrected chi connectivity index (χ2v) is 11.3. The highest BCUT2D eigenvalue weighted by atomic mass is 127. The molecule has 0 aromatic heterocycles. The fraction of sp³-hybridized carbons (Fsp3) is 0.714. The number of halogens is 1. The van der Waals surface area contributed by atoms with E-state index in [1.54, 1.807) is 16.4 Å². The van der Waals surface area contributed by atoms with E-state index in [4.69, 9.17) is 0 Å². The molecule has 0 unspecified atom stereocenters. The van der Waals surface area contributed by atoms with E-state index in [9.17, 15) is 8.42 Å². The van der Waals surface area contributed by atoms with Crippen LogP contribution in [0.3, 0.4) is 0 Å². The van der Waals surface area contributed by atoms with Gasteiger partial charge in [0.15, 0.2) is 0 Å². The van der Waals surface area contributed by atoms with Crippen LogP contribution in [-0.2, 0) is 10.0 Å². The van der Waals surface area contributed by atoms with E-state index in [1.165, 1.54) is 38.5 Å². The van der Waals surface area contributed by atoms with E-state index in [0.717, 1.165) is 31.2 Å². The molecule has 0 spiro atoms. The smallest absolute Gasteiger partial charge is 0.207 e. The van der Waals surface area contributed by atoms with Crippen LogP contribution in [0.4, 0.5) is 0 Å². The van der Waals surface area contributed by atoms with Crippen LogP contribution in [0.25, 0.3) is 0 Å². The van der Waals surface area contributed by atoms with Crippen molar-refractivity contribution in [3.63, 3.8) is 0 Å². The molecule has 3 nitrogen and oxygen atoms in total. The predicted octanol–water partition coefficient (Wildman–Crippen LogP) is 6.09. The van der Waals surface area contributed by atoms with Crippen LogP contribution in [0, 0.1) is 6.92 Å². The third-order valence-electron chi connectivity index (χ3n) is 5.37. The predicted molar refractivity (Wildman–Crippen MR) is 119 cm³/mol. The second kappa shape index (κ2) is 11.0. The van der Waals surface area contributed by atoms with Crippen molar-refractivity contribution in [3.8, 4) is 0 Å². The molecule has 1 aromatic rings. The second-order valence-electron chi connectivity index (χ2n) is 7.61. The number of hydrogen-bond donors (Lipinski definition) is 0. The van der Waals surface area contributed by atoms with E-state index in [0.29, 0.717) is 15.4 Å². The average molecular weight is 491 g/mol. The summed E-state index contributed by atoms with van der Waals surface area (Å²) in [5.41, 5.74) is 1.09. The Morgan fingerprint density at radius 1 is 1.04 bits per heavy atom. The molecule has 0 aliphatic carbocycles. The van der Waals surface area contributed by atoms with E-state index in [2.05, 4.69) is 29.5 Å². The third kappa shape index (κ3) is 6.48. The van der Waals surface area contributed by atoms with Gasteiger partial charge in [0.25, 0.3) is 0 Å². The van der Waals surface area contributed by atoms with Crippen molar-refractivity contribution in [1.82, 2.24) is 4.31 Å². The van der Waals surface area contributed by atoms with E-state index < -0.39 is 10.0 Å². The van der Waals surface area contributed by atoms with Gasteiger partial charge in [0.05, 0.1) is 4.90 Å². The number of piperidine rings is 1. The minimum absolute atomic E-state index is 0.160. The van der Waals surface area contributed by atoms with Crippen LogP contribution < -0.4 is 0 Å². The lowest BCUT2D eigenvalue weighted by molar-refractivity contribution is 0.244. The molecule has 0 amide bonds. The Hall–Kier alpha value is -0.140. The Balaban J connectivity index is 1.95. The molecule has 0 N–H and O–H groups in total. The van der Waals surface area contributed by atoms with Gasteiger partial charge in [-0.25, -0.2) is 8.42 Å². The number of unbranched alkanes of at least 4 members (excludes halogenated alkanes) is 6. The number of aryl methyl sites for hydroxylation is 1. The van der Waals surface area contributed by atoms with Gasteiger partial charge in [-0.3, -0.25) is 0 Å². The SMILES string of the molecule is CCCCCCCCC[C@@H]1C[C@@H](I)CCN1S(=O)(=O)c1ccc(C)cc1. The summed E-state index contributed by atoms with van der Waals surface area (Å²) in [4.78, 5) is 0.444. The summed E-state index contributed by atoms with van der Waals surface area (Å²) in [6, 6.07) is 7.46. The maximum Gasteiger partial charge on any atom is 0.243 e. The maximum absolute atomic E-state index is 13.1. The molecule has 1 saturated heterocycles. The molecule has 148 valence electrons. The van der Waals surface area contributed by atoms with Crippen LogP contribution in [0.1, 0.15) is 76.7 Å². The number of benzene rings is 1. The van der Waals surface area contributed by atoms with E-state index >= 15 is 0 Å². The molecule has 1 aromatic carbocycles. The van der Waals surface area contributed by atoms with Crippen LogP contribution in [0.15, 0.2) is 29.2 Å². The van der Waals surface area contributed by atoms with Gasteiger partial charge in [-0.15, -0.1) is 0 Å². The van der Waals surface area contributed by atoms with Crippen molar-refractivity contribution in [2.75, 3.05) is 6.54 Å². The maximum atomic E-state index is 13.1. The highest BCUT2D eigenvalue weighted by Crippen LogP contribution is 2.31. The van der Waals surface area contributed by atoms with Crippen molar-refractivity contribution < 1.29 is 8.42 Å². The van der Waals surface area contributed by atoms with Gasteiger partial charge in [0.2, 0.25) is 10.0 Å². The minimum atomic E-state index is -3.38. The molecule has 1 fully saturated rings. The fourth-order valence-corrected chi connectivity index (χ4v) is 6.29. The Morgan fingerprint density at radius 2 is 1.65 bits per heavy atom. The normalized spacial score (nSPS) is 21.8. The van der Waals surface area contributed by atoms with E-state index in [1.807, 2.05) is 19.1 Å². The quantitative estimate of drug-likeness (QED) is 0.226. The molecule has 1 aliphatic heterocycles. The number of alkyl halides is 1. The number of hydrogen-bond acceptors (Lipinski definition) is 2. The zero-order chi connectivity index (χ0) is 19.0. The summed E-state index contributed by atoms with van der Waals surface area (Å²) < 4.78 is 28.7. The summed E-state index contributed by atoms with van der Waals surface area (Å²) in [5, 5.41) is 0. The standard InChI is InChI=1S/C21H34INO2S/c1-3-4-5-6-7-8-9-10-20-17-19(22)15-16-23(20)26(24,25)21-13-11-18(2)12-14-21/h11-14,19-20H,3-10,15-17H2,1-2H3/t19-,20+/m0/s1. The first kappa shape index (κ1) is 22.2. The fourth-order valence-electron chi connectivity index (χ4n) is 3.74. The van der Waals surface area contributed by atoms with Gasteiger partial charge < -0.3 is 0 Å². The van der Waals surface area contributed by atoms with Crippen molar-refractivity contribution in [1.29, 1.82) is 0 Å². The highest BCUT2D eigenvalue weighted by Gasteiger charge is 2.35. The molecule has 26 heavy (non-hydrogen) atoms. The number of sulfonamides is 1. The Morgan fingerprint density at radius 3 is 2.31 bits per heavy atom. The molecular formula is C21H34INO2S. The lowest BCUT2D eigenvalue weighted by atomic mass is 9.98. The zero-order valence-electron chi connectivity index (χ0n) is 16.3. The molecular weight excluding hydrogens is 457 g/mol. The summed E-state index contributed by atoms with van der Waals surface area (Å²) in [6.07, 6.45) is 11.9. The number of nitrogens with zero attached hydrogens (tertiary/aromatic N) is 1. The first-order chi connectivity index (χ1) is 12.4. The molecule has 2 rings (SSSR count). The van der Waals surface area contributed by atoms with Gasteiger partial charge in [-0.05, 0) is 38.3 Å². The van der Waals surface area contributed by atoms with Gasteiger partial charge in [-0.2, -0.15) is 4.31 Å². The molecule has 0 radical (unpaired) electrons. The topological polar surface area (TPSA) is 37.4 Å². The number of rotatable bonds is 10. The van der Waals surface area contributed by atoms with Gasteiger partial charge in [0.1, 0.15) is 0 Å². The summed E-state index contributed by atoms with van der Waals surface area (Å²) in [5.74, 6) is 0. The van der Waals surface area contributed by atoms with Crippen molar-refractivity contribution in [2.45, 2.75) is 92.9 Å². The van der Waals surface area contributed by atoms with Gasteiger partial charge in [-0.1, -0.05) is 92.2 Å². The lowest BCUT2D eigenvalue weighted by Gasteiger charge is -2.37. The highest BCUT2D eigenvalue weighted by molar-refractivity contribution is 14.1. The molecule has 5 heteroatoms. The van der Waals surface area contributed by atoms with Crippen molar-refractivity contribution >= 4 is 32.6 Å². The first-order valence-electron chi connectivity index (χ1n) is 10.2. The monoisotopic (exact) mass is 491 g/mol. The first-order valence-corrected chi connectivity index (χ1v) is 12.9. The summed E-state index contributed by atoms with van der Waals surface area (Å²) in [7, 11) is -3.38. The molecule has 0 saturated carbocycles. The van der Waals surface area contributed by atoms with Crippen molar-refractivity contribution in [2.24, 2.45) is 0 Å². The Bertz CT molecular complexity index is 630. The lowest BCUT2D eigenvalue weighted by Crippen LogP contribution is -2.46. The largest absolute Gasteiger partial charge is 0.243 e. The summed E-state index contributed by atoms with van der Waals surface area (Å²) >= 11 is 2.49. The average Bonchev–Trinajstić information content (AvgIpc) is 2.61. The molecule has 2 atom stereocenters. The van der Waals surface area contributed by atoms with Gasteiger partial charge >= 0.3 is 0 Å². The third-order valence-corrected chi connectivity index (χ3v) is 8.46. The minimum Gasteiger partial charge on any atom is -0.207 e. The molecule has 1 heterocycles. The van der Waals surface area contributed by atoms with Gasteiger partial charge in [0, 0.05) is 16.5 Å². The van der Waals surface area contributed by atoms with E-state index in [-0.39, 0.29) is 6.04 Å². The van der Waals surface area contributed by atoms with Crippen LogP contribution >= 0.6 is 22.6 Å². The van der Waals surface area contributed by atoms with Crippen LogP contribution in [-0.4, -0.2) is 29.2 Å². The molecule has 1 aliphatic rings. The van der Waals surface area contributed by atoms with Crippen molar-refractivity contribution in [3.05, 3.63) is 29.8 Å². The van der Waals surface area contributed by atoms with Crippen LogP contribution in [0.2, 0.25) is 0 Å². The zero-order valence-corrected chi connectivity index (χ0v) is 19.3. The Kier molecular flexibility index (Phi) is 9.38. The molecule has 0 bridgehead atoms. The Labute approximate surface area is 174 Å². The summed E-state index contributed by atoms with van der Waals surface area (Å²) in [6.45, 7) is 4.89. The van der Waals surface area contributed by atoms with Crippen LogP contribution in [0.5, 0.6) is 0 Å².